The van der Waals surface area contributed by atoms with Crippen molar-refractivity contribution < 1.29 is 24.2 Å². The third-order valence-corrected chi connectivity index (χ3v) is 6.95. The van der Waals surface area contributed by atoms with E-state index in [1.54, 1.807) is 11.8 Å². The van der Waals surface area contributed by atoms with E-state index in [0.717, 1.165) is 44.9 Å². The third kappa shape index (κ3) is 6.43. The van der Waals surface area contributed by atoms with Crippen LogP contribution in [0.4, 0.5) is 4.79 Å². The van der Waals surface area contributed by atoms with Gasteiger partial charge in [-0.15, -0.1) is 0 Å². The summed E-state index contributed by atoms with van der Waals surface area (Å²) in [4.78, 5) is 39.6. The average Bonchev–Trinajstić information content (AvgIpc) is 3.03. The highest BCUT2D eigenvalue weighted by Gasteiger charge is 2.46. The molecule has 1 aliphatic rings. The predicted octanol–water partition coefficient (Wildman–Crippen LogP) is 4.69. The maximum absolute atomic E-state index is 12.7. The van der Waals surface area contributed by atoms with E-state index in [9.17, 15) is 19.5 Å². The number of hydrogen-bond donors (Lipinski definition) is 1. The van der Waals surface area contributed by atoms with E-state index in [4.69, 9.17) is 4.74 Å². The SMILES string of the molecule is CCN1CC(=O)N(C(CC)(CC)CCCCOCCCCC(C)(CC)C(=O)O)C1=O. The molecule has 3 amide bonds. The summed E-state index contributed by atoms with van der Waals surface area (Å²) in [6, 6.07) is -0.150. The third-order valence-electron chi connectivity index (χ3n) is 6.95. The highest BCUT2D eigenvalue weighted by atomic mass is 16.5. The highest BCUT2D eigenvalue weighted by Crippen LogP contribution is 2.33. The molecule has 0 aliphatic carbocycles. The van der Waals surface area contributed by atoms with E-state index in [1.807, 2.05) is 13.8 Å². The van der Waals surface area contributed by atoms with E-state index in [0.29, 0.717) is 32.6 Å². The van der Waals surface area contributed by atoms with Gasteiger partial charge in [-0.1, -0.05) is 27.2 Å². The zero-order valence-corrected chi connectivity index (χ0v) is 19.7. The molecule has 1 aliphatic heterocycles. The van der Waals surface area contributed by atoms with Crippen molar-refractivity contribution >= 4 is 17.9 Å². The van der Waals surface area contributed by atoms with Gasteiger partial charge in [-0.3, -0.25) is 14.5 Å². The number of amides is 3. The van der Waals surface area contributed by atoms with Crippen LogP contribution >= 0.6 is 0 Å². The van der Waals surface area contributed by atoms with Gasteiger partial charge in [-0.05, 0) is 65.2 Å². The number of rotatable bonds is 16. The Morgan fingerprint density at radius 2 is 1.53 bits per heavy atom. The number of carboxylic acid groups (broad SMARTS) is 1. The van der Waals surface area contributed by atoms with Crippen molar-refractivity contribution in [2.24, 2.45) is 5.41 Å². The predicted molar refractivity (Wildman–Crippen MR) is 117 cm³/mol. The van der Waals surface area contributed by atoms with Gasteiger partial charge in [-0.2, -0.15) is 0 Å². The Bertz CT molecular complexity index is 576. The molecule has 0 aromatic rings. The molecule has 1 unspecified atom stereocenters. The average molecular weight is 427 g/mol. The molecule has 1 saturated heterocycles. The summed E-state index contributed by atoms with van der Waals surface area (Å²) in [6.45, 7) is 11.8. The molecule has 174 valence electrons. The lowest BCUT2D eigenvalue weighted by Gasteiger charge is -2.39. The lowest BCUT2D eigenvalue weighted by Crippen LogP contribution is -2.51. The Morgan fingerprint density at radius 1 is 0.967 bits per heavy atom. The van der Waals surface area contributed by atoms with Gasteiger partial charge >= 0.3 is 12.0 Å². The summed E-state index contributed by atoms with van der Waals surface area (Å²) < 4.78 is 5.72. The topological polar surface area (TPSA) is 87.2 Å². The van der Waals surface area contributed by atoms with Gasteiger partial charge < -0.3 is 14.7 Å². The summed E-state index contributed by atoms with van der Waals surface area (Å²) in [5.74, 6) is -0.805. The van der Waals surface area contributed by atoms with Gasteiger partial charge in [0.05, 0.1) is 11.0 Å². The number of carboxylic acids is 1. The molecule has 1 heterocycles. The van der Waals surface area contributed by atoms with Crippen molar-refractivity contribution in [1.82, 2.24) is 9.80 Å². The second kappa shape index (κ2) is 12.3. The van der Waals surface area contributed by atoms with Crippen molar-refractivity contribution in [2.75, 3.05) is 26.3 Å². The molecular formula is C23H42N2O5. The van der Waals surface area contributed by atoms with Crippen LogP contribution in [0.25, 0.3) is 0 Å². The first-order valence-electron chi connectivity index (χ1n) is 11.6. The number of likely N-dealkylation sites (N-methyl/N-ethyl adjacent to an activating group) is 1. The molecule has 0 aromatic carbocycles. The Hall–Kier alpha value is -1.63. The number of carbonyl (C=O) groups excluding carboxylic acids is 2. The Morgan fingerprint density at radius 3 is 1.97 bits per heavy atom. The molecule has 1 atom stereocenters. The summed E-state index contributed by atoms with van der Waals surface area (Å²) in [5.41, 5.74) is -1.04. The van der Waals surface area contributed by atoms with Crippen molar-refractivity contribution in [3.8, 4) is 0 Å². The molecule has 7 nitrogen and oxygen atoms in total. The largest absolute Gasteiger partial charge is 0.481 e. The van der Waals surface area contributed by atoms with E-state index in [1.165, 1.54) is 4.90 Å². The Balaban J connectivity index is 2.35. The van der Waals surface area contributed by atoms with Crippen LogP contribution in [0, 0.1) is 5.41 Å². The number of carbonyl (C=O) groups is 3. The standard InChI is InChI=1S/C23H42N2O5/c1-6-22(5,20(27)28)14-10-12-16-30-17-13-11-15-23(7-2,8-3)25-19(26)18-24(9-4)21(25)29/h6-18H2,1-5H3,(H,27,28). The van der Waals surface area contributed by atoms with Gasteiger partial charge in [0.25, 0.3) is 5.91 Å². The molecule has 1 N–H and O–H groups in total. The lowest BCUT2D eigenvalue weighted by atomic mass is 9.82. The molecule has 0 saturated carbocycles. The fraction of sp³-hybridized carbons (Fsp3) is 0.870. The van der Waals surface area contributed by atoms with Crippen LogP contribution in [0.1, 0.15) is 92.4 Å². The lowest BCUT2D eigenvalue weighted by molar-refractivity contribution is -0.148. The first-order valence-corrected chi connectivity index (χ1v) is 11.6. The fourth-order valence-corrected chi connectivity index (χ4v) is 4.21. The molecule has 0 aromatic heterocycles. The van der Waals surface area contributed by atoms with Crippen molar-refractivity contribution in [1.29, 1.82) is 0 Å². The van der Waals surface area contributed by atoms with Crippen LogP contribution in [-0.2, 0) is 14.3 Å². The molecule has 1 rings (SSSR count). The van der Waals surface area contributed by atoms with Crippen molar-refractivity contribution in [3.05, 3.63) is 0 Å². The van der Waals surface area contributed by atoms with Gasteiger partial charge in [0.15, 0.2) is 0 Å². The van der Waals surface area contributed by atoms with Crippen molar-refractivity contribution in [2.45, 2.75) is 97.9 Å². The number of aliphatic carboxylic acids is 1. The first-order chi connectivity index (χ1) is 14.2. The van der Waals surface area contributed by atoms with Crippen LogP contribution in [0.2, 0.25) is 0 Å². The number of imide groups is 1. The van der Waals surface area contributed by atoms with Crippen molar-refractivity contribution in [3.63, 3.8) is 0 Å². The molecule has 0 spiro atoms. The minimum atomic E-state index is -0.724. The highest BCUT2D eigenvalue weighted by molar-refractivity contribution is 6.02. The molecule has 1 fully saturated rings. The van der Waals surface area contributed by atoms with Gasteiger partial charge in [0, 0.05) is 19.8 Å². The Kier molecular flexibility index (Phi) is 10.8. The van der Waals surface area contributed by atoms with E-state index < -0.39 is 16.9 Å². The smallest absolute Gasteiger partial charge is 0.327 e. The van der Waals surface area contributed by atoms with E-state index in [-0.39, 0.29) is 18.5 Å². The second-order valence-corrected chi connectivity index (χ2v) is 8.70. The minimum Gasteiger partial charge on any atom is -0.481 e. The van der Waals surface area contributed by atoms with Gasteiger partial charge in [0.2, 0.25) is 0 Å². The van der Waals surface area contributed by atoms with E-state index in [2.05, 4.69) is 13.8 Å². The molecular weight excluding hydrogens is 384 g/mol. The van der Waals surface area contributed by atoms with Crippen LogP contribution in [0.15, 0.2) is 0 Å². The molecule has 7 heteroatoms. The van der Waals surface area contributed by atoms with Crippen LogP contribution in [0.5, 0.6) is 0 Å². The van der Waals surface area contributed by atoms with Crippen LogP contribution in [0.3, 0.4) is 0 Å². The zero-order chi connectivity index (χ0) is 22.8. The van der Waals surface area contributed by atoms with E-state index >= 15 is 0 Å². The summed E-state index contributed by atoms with van der Waals surface area (Å²) >= 11 is 0. The number of hydrogen-bond acceptors (Lipinski definition) is 4. The quantitative estimate of drug-likeness (QED) is 0.286. The summed E-state index contributed by atoms with van der Waals surface area (Å²) in [6.07, 6.45) is 7.13. The maximum atomic E-state index is 12.7. The monoisotopic (exact) mass is 426 g/mol. The number of unbranched alkanes of at least 4 members (excludes halogenated alkanes) is 2. The summed E-state index contributed by atoms with van der Waals surface area (Å²) in [5, 5.41) is 9.30. The zero-order valence-electron chi connectivity index (χ0n) is 19.7. The summed E-state index contributed by atoms with van der Waals surface area (Å²) in [7, 11) is 0. The molecule has 0 bridgehead atoms. The minimum absolute atomic E-state index is 0.0813. The van der Waals surface area contributed by atoms with Crippen LogP contribution < -0.4 is 0 Å². The molecule has 30 heavy (non-hydrogen) atoms. The van der Waals surface area contributed by atoms with Gasteiger partial charge in [-0.25, -0.2) is 4.79 Å². The fourth-order valence-electron chi connectivity index (χ4n) is 4.21. The number of urea groups is 1. The molecule has 0 radical (unpaired) electrons. The second-order valence-electron chi connectivity index (χ2n) is 8.70. The Labute approximate surface area is 182 Å². The maximum Gasteiger partial charge on any atom is 0.327 e. The number of nitrogens with zero attached hydrogens (tertiary/aromatic N) is 2. The number of ether oxygens (including phenoxy) is 1. The van der Waals surface area contributed by atoms with Crippen LogP contribution in [-0.4, -0.2) is 64.7 Å². The van der Waals surface area contributed by atoms with Gasteiger partial charge in [0.1, 0.15) is 6.54 Å². The first kappa shape index (κ1) is 26.4. The normalized spacial score (nSPS) is 17.0.